The zero-order valence-corrected chi connectivity index (χ0v) is 19.6. The number of rotatable bonds is 2. The smallest absolute Gasteiger partial charge is 0.266 e. The molecule has 1 saturated heterocycles. The molecular formula is C26H29N3O2S. The molecule has 1 aromatic carbocycles. The molecule has 2 aliphatic rings. The van der Waals surface area contributed by atoms with Crippen molar-refractivity contribution >= 4 is 38.9 Å². The normalized spacial score (nSPS) is 18.4. The van der Waals surface area contributed by atoms with Gasteiger partial charge in [0.2, 0.25) is 0 Å². The fraction of sp³-hybridized carbons (Fsp3) is 0.423. The second-order valence-corrected chi connectivity index (χ2v) is 10.8. The Morgan fingerprint density at radius 1 is 1.03 bits per heavy atom. The van der Waals surface area contributed by atoms with Crippen LogP contribution in [0.25, 0.3) is 21.3 Å². The summed E-state index contributed by atoms with van der Waals surface area (Å²) < 4.78 is 0. The lowest BCUT2D eigenvalue weighted by atomic mass is 9.73. The number of hydrogen-bond acceptors (Lipinski definition) is 5. The predicted octanol–water partition coefficient (Wildman–Crippen LogP) is 5.72. The first kappa shape index (κ1) is 21.1. The van der Waals surface area contributed by atoms with Gasteiger partial charge in [-0.1, -0.05) is 57.0 Å². The van der Waals surface area contributed by atoms with Gasteiger partial charge in [-0.3, -0.25) is 9.59 Å². The number of nitrogens with zero attached hydrogens (tertiary/aromatic N) is 2. The van der Waals surface area contributed by atoms with E-state index in [4.69, 9.17) is 10.7 Å². The molecule has 0 bridgehead atoms. The Balaban J connectivity index is 1.74. The molecule has 2 aromatic heterocycles. The van der Waals surface area contributed by atoms with Crippen molar-refractivity contribution in [3.63, 3.8) is 0 Å². The fourth-order valence-corrected chi connectivity index (χ4v) is 6.23. The van der Waals surface area contributed by atoms with E-state index in [2.05, 4.69) is 13.8 Å². The minimum atomic E-state index is -0.133. The fourth-order valence-electron chi connectivity index (χ4n) is 5.14. The van der Waals surface area contributed by atoms with E-state index in [1.807, 2.05) is 35.2 Å². The Kier molecular flexibility index (Phi) is 5.28. The second-order valence-electron chi connectivity index (χ2n) is 9.85. The van der Waals surface area contributed by atoms with Gasteiger partial charge in [-0.15, -0.1) is 11.3 Å². The van der Waals surface area contributed by atoms with Crippen LogP contribution in [0.3, 0.4) is 0 Å². The van der Waals surface area contributed by atoms with Crippen molar-refractivity contribution in [2.45, 2.75) is 52.4 Å². The molecule has 6 heteroatoms. The standard InChI is InChI=1S/C26H29N3O2S/c1-26(2)14-17-20(18(30)15-26)19(16-10-6-5-7-11-16)21-22(27)23(32-24(21)28-17)25(31)29-12-8-3-4-9-13-29/h5-7,10-11H,3-4,8-9,12-15,27H2,1-2H3. The number of nitrogens with two attached hydrogens (primary N) is 1. The van der Waals surface area contributed by atoms with Crippen LogP contribution in [0.4, 0.5) is 5.69 Å². The molecule has 1 amide bonds. The molecule has 0 unspecified atom stereocenters. The zero-order valence-electron chi connectivity index (χ0n) is 18.7. The summed E-state index contributed by atoms with van der Waals surface area (Å²) in [6.07, 6.45) is 5.60. The van der Waals surface area contributed by atoms with Crippen LogP contribution in [0.5, 0.6) is 0 Å². The summed E-state index contributed by atoms with van der Waals surface area (Å²) in [5.74, 6) is 0.103. The van der Waals surface area contributed by atoms with Gasteiger partial charge in [0.25, 0.3) is 5.91 Å². The van der Waals surface area contributed by atoms with E-state index in [9.17, 15) is 9.59 Å². The first-order valence-electron chi connectivity index (χ1n) is 11.5. The van der Waals surface area contributed by atoms with Gasteiger partial charge in [0.05, 0.1) is 11.4 Å². The number of Topliss-reactive ketones (excluding diaryl/α,β-unsaturated/α-hetero) is 1. The van der Waals surface area contributed by atoms with Gasteiger partial charge in [0, 0.05) is 36.0 Å². The minimum absolute atomic E-state index is 0.00367. The molecule has 32 heavy (non-hydrogen) atoms. The Bertz CT molecular complexity index is 1210. The summed E-state index contributed by atoms with van der Waals surface area (Å²) in [5, 5.41) is 0.756. The predicted molar refractivity (Wildman–Crippen MR) is 130 cm³/mol. The van der Waals surface area contributed by atoms with Crippen LogP contribution in [0.15, 0.2) is 30.3 Å². The number of ketones is 1. The average Bonchev–Trinajstić information content (AvgIpc) is 2.93. The third kappa shape index (κ3) is 3.60. The quantitative estimate of drug-likeness (QED) is 0.545. The lowest BCUT2D eigenvalue weighted by Crippen LogP contribution is -2.31. The molecule has 5 rings (SSSR count). The monoisotopic (exact) mass is 447 g/mol. The maximum atomic E-state index is 13.4. The summed E-state index contributed by atoms with van der Waals surface area (Å²) in [4.78, 5) is 34.9. The molecule has 1 aliphatic carbocycles. The molecule has 0 radical (unpaired) electrons. The van der Waals surface area contributed by atoms with Crippen molar-refractivity contribution < 1.29 is 9.59 Å². The Labute approximate surface area is 192 Å². The molecular weight excluding hydrogens is 418 g/mol. The summed E-state index contributed by atoms with van der Waals surface area (Å²) in [5.41, 5.74) is 10.3. The van der Waals surface area contributed by atoms with Crippen LogP contribution in [-0.2, 0) is 6.42 Å². The number of anilines is 1. The van der Waals surface area contributed by atoms with E-state index in [-0.39, 0.29) is 17.1 Å². The highest BCUT2D eigenvalue weighted by Crippen LogP contribution is 2.46. The Morgan fingerprint density at radius 2 is 1.72 bits per heavy atom. The SMILES string of the molecule is CC1(C)CC(=O)c2c(nc3sc(C(=O)N4CCCCCC4)c(N)c3c2-c2ccccc2)C1. The number of benzene rings is 1. The highest BCUT2D eigenvalue weighted by molar-refractivity contribution is 7.21. The van der Waals surface area contributed by atoms with Gasteiger partial charge < -0.3 is 10.6 Å². The average molecular weight is 448 g/mol. The second kappa shape index (κ2) is 8.00. The molecule has 0 saturated carbocycles. The van der Waals surface area contributed by atoms with Gasteiger partial charge in [-0.05, 0) is 30.2 Å². The van der Waals surface area contributed by atoms with Gasteiger partial charge >= 0.3 is 0 Å². The summed E-state index contributed by atoms with van der Waals surface area (Å²) in [6.45, 7) is 5.77. The van der Waals surface area contributed by atoms with E-state index in [1.54, 1.807) is 0 Å². The van der Waals surface area contributed by atoms with Crippen LogP contribution >= 0.6 is 11.3 Å². The van der Waals surface area contributed by atoms with E-state index < -0.39 is 0 Å². The first-order chi connectivity index (χ1) is 15.4. The highest BCUT2D eigenvalue weighted by atomic mass is 32.1. The molecule has 2 N–H and O–H groups in total. The molecule has 1 aliphatic heterocycles. The van der Waals surface area contributed by atoms with Crippen molar-refractivity contribution in [2.75, 3.05) is 18.8 Å². The van der Waals surface area contributed by atoms with Crippen LogP contribution in [0, 0.1) is 5.41 Å². The Morgan fingerprint density at radius 3 is 2.41 bits per heavy atom. The lowest BCUT2D eigenvalue weighted by Gasteiger charge is -2.30. The van der Waals surface area contributed by atoms with E-state index >= 15 is 0 Å². The van der Waals surface area contributed by atoms with Crippen LogP contribution in [0.2, 0.25) is 0 Å². The van der Waals surface area contributed by atoms with Crippen molar-refractivity contribution in [2.24, 2.45) is 5.41 Å². The van der Waals surface area contributed by atoms with Crippen LogP contribution in [0.1, 0.15) is 71.7 Å². The van der Waals surface area contributed by atoms with E-state index in [0.717, 1.165) is 72.2 Å². The third-order valence-electron chi connectivity index (χ3n) is 6.67. The highest BCUT2D eigenvalue weighted by Gasteiger charge is 2.36. The number of hydrogen-bond donors (Lipinski definition) is 1. The number of likely N-dealkylation sites (tertiary alicyclic amines) is 1. The van der Waals surface area contributed by atoms with E-state index in [0.29, 0.717) is 22.5 Å². The van der Waals surface area contributed by atoms with Crippen LogP contribution < -0.4 is 5.73 Å². The number of pyridine rings is 1. The number of fused-ring (bicyclic) bond motifs is 2. The number of amides is 1. The Hall–Kier alpha value is -2.73. The number of thiophene rings is 1. The van der Waals surface area contributed by atoms with Gasteiger partial charge in [-0.2, -0.15) is 0 Å². The zero-order chi connectivity index (χ0) is 22.5. The number of aromatic nitrogens is 1. The third-order valence-corrected chi connectivity index (χ3v) is 7.75. The number of carbonyl (C=O) groups is 2. The van der Waals surface area contributed by atoms with E-state index in [1.165, 1.54) is 11.3 Å². The lowest BCUT2D eigenvalue weighted by molar-refractivity contribution is 0.0767. The molecule has 3 aromatic rings. The van der Waals surface area contributed by atoms with Crippen molar-refractivity contribution in [3.8, 4) is 11.1 Å². The van der Waals surface area contributed by atoms with Crippen molar-refractivity contribution in [1.29, 1.82) is 0 Å². The molecule has 0 atom stereocenters. The molecule has 5 nitrogen and oxygen atoms in total. The van der Waals surface area contributed by atoms with Crippen LogP contribution in [-0.4, -0.2) is 34.7 Å². The van der Waals surface area contributed by atoms with Gasteiger partial charge in [0.15, 0.2) is 5.78 Å². The first-order valence-corrected chi connectivity index (χ1v) is 12.3. The molecule has 166 valence electrons. The topological polar surface area (TPSA) is 76.3 Å². The van der Waals surface area contributed by atoms with Gasteiger partial charge in [-0.25, -0.2) is 4.98 Å². The number of carbonyl (C=O) groups excluding carboxylic acids is 2. The van der Waals surface area contributed by atoms with Gasteiger partial charge in [0.1, 0.15) is 9.71 Å². The van der Waals surface area contributed by atoms with Crippen molar-refractivity contribution in [3.05, 3.63) is 46.5 Å². The molecule has 3 heterocycles. The molecule has 1 fully saturated rings. The summed E-state index contributed by atoms with van der Waals surface area (Å²) >= 11 is 1.38. The maximum absolute atomic E-state index is 13.4. The minimum Gasteiger partial charge on any atom is -0.397 e. The largest absolute Gasteiger partial charge is 0.397 e. The maximum Gasteiger partial charge on any atom is 0.266 e. The van der Waals surface area contributed by atoms with Crippen molar-refractivity contribution in [1.82, 2.24) is 9.88 Å². The number of nitrogen functional groups attached to an aromatic ring is 1. The molecule has 0 spiro atoms. The summed E-state index contributed by atoms with van der Waals surface area (Å²) in [6, 6.07) is 9.92. The summed E-state index contributed by atoms with van der Waals surface area (Å²) in [7, 11) is 0.